The average Bonchev–Trinajstić information content (AvgIpc) is 3.76. The van der Waals surface area contributed by atoms with E-state index in [1.807, 2.05) is 47.2 Å². The van der Waals surface area contributed by atoms with Gasteiger partial charge in [0.25, 0.3) is 5.91 Å². The van der Waals surface area contributed by atoms with Gasteiger partial charge in [0.2, 0.25) is 5.91 Å². The fraction of sp³-hybridized carbons (Fsp3) is 0.325. The van der Waals surface area contributed by atoms with Gasteiger partial charge in [0.05, 0.1) is 35.8 Å². The maximum Gasteiger partial charge on any atom is 0.416 e. The number of halogens is 3. The number of hydrogen-bond acceptors (Lipinski definition) is 6. The third kappa shape index (κ3) is 6.83. The summed E-state index contributed by atoms with van der Waals surface area (Å²) in [6.45, 7) is 3.93. The van der Waals surface area contributed by atoms with Gasteiger partial charge in [0.15, 0.2) is 0 Å². The molecule has 6 aromatic rings. The number of piperazine rings is 1. The van der Waals surface area contributed by atoms with E-state index in [2.05, 4.69) is 49.4 Å². The summed E-state index contributed by atoms with van der Waals surface area (Å²) in [4.78, 5) is 35.1. The number of amides is 2. The topological polar surface area (TPSA) is 101 Å². The first-order valence-electron chi connectivity index (χ1n) is 18.0. The molecule has 272 valence electrons. The maximum absolute atomic E-state index is 13.6. The molecule has 3 aromatic carbocycles. The molecule has 1 unspecified atom stereocenters. The molecule has 3 aromatic heterocycles. The van der Waals surface area contributed by atoms with E-state index >= 15 is 0 Å². The molecule has 0 bridgehead atoms. The molecule has 53 heavy (non-hydrogen) atoms. The predicted molar refractivity (Wildman–Crippen MR) is 196 cm³/mol. The Bertz CT molecular complexity index is 2240. The number of pyridine rings is 1. The number of carbonyl (C=O) groups is 2. The lowest BCUT2D eigenvalue weighted by atomic mass is 9.78. The van der Waals surface area contributed by atoms with Crippen molar-refractivity contribution in [2.75, 3.05) is 24.5 Å². The summed E-state index contributed by atoms with van der Waals surface area (Å²) in [6, 6.07) is 23.4. The predicted octanol–water partition coefficient (Wildman–Crippen LogP) is 6.86. The van der Waals surface area contributed by atoms with E-state index in [-0.39, 0.29) is 29.8 Å². The van der Waals surface area contributed by atoms with Crippen LogP contribution in [0.5, 0.6) is 0 Å². The summed E-state index contributed by atoms with van der Waals surface area (Å²) in [7, 11) is 0. The molecule has 1 saturated carbocycles. The highest BCUT2D eigenvalue weighted by molar-refractivity contribution is 6.08. The molecule has 1 aliphatic heterocycles. The molecule has 1 saturated heterocycles. The first kappa shape index (κ1) is 34.4. The summed E-state index contributed by atoms with van der Waals surface area (Å²) in [6.07, 6.45) is 3.23. The van der Waals surface area contributed by atoms with E-state index in [1.54, 1.807) is 23.0 Å². The van der Waals surface area contributed by atoms with Crippen molar-refractivity contribution in [2.45, 2.75) is 57.4 Å². The summed E-state index contributed by atoms with van der Waals surface area (Å²) >= 11 is 0. The molecule has 0 spiro atoms. The normalized spacial score (nSPS) is 19.1. The Labute approximate surface area is 304 Å². The third-order valence-corrected chi connectivity index (χ3v) is 10.5. The van der Waals surface area contributed by atoms with Crippen LogP contribution in [0.3, 0.4) is 0 Å². The molecule has 2 aliphatic rings. The molecule has 1 aliphatic carbocycles. The Balaban J connectivity index is 0.880. The maximum atomic E-state index is 13.6. The minimum Gasteiger partial charge on any atom is -0.368 e. The van der Waals surface area contributed by atoms with Crippen molar-refractivity contribution in [2.24, 2.45) is 5.92 Å². The number of nitrogens with zero attached hydrogens (tertiary/aromatic N) is 7. The fourth-order valence-electron chi connectivity index (χ4n) is 7.79. The number of fused-ring (bicyclic) bond motifs is 3. The quantitative estimate of drug-likeness (QED) is 0.175. The van der Waals surface area contributed by atoms with E-state index in [9.17, 15) is 22.8 Å². The van der Waals surface area contributed by atoms with Crippen LogP contribution < -0.4 is 10.2 Å². The van der Waals surface area contributed by atoms with Crippen LogP contribution in [0.2, 0.25) is 0 Å². The number of aromatic nitrogens is 5. The van der Waals surface area contributed by atoms with Crippen LogP contribution in [0.15, 0.2) is 97.5 Å². The lowest BCUT2D eigenvalue weighted by Gasteiger charge is -2.46. The molecule has 1 N–H and O–H groups in total. The van der Waals surface area contributed by atoms with Gasteiger partial charge in [0.1, 0.15) is 5.69 Å². The summed E-state index contributed by atoms with van der Waals surface area (Å²) in [5, 5.41) is 14.2. The van der Waals surface area contributed by atoms with Gasteiger partial charge in [-0.2, -0.15) is 13.2 Å². The van der Waals surface area contributed by atoms with Crippen molar-refractivity contribution in [3.63, 3.8) is 0 Å². The number of rotatable bonds is 9. The zero-order chi connectivity index (χ0) is 36.7. The minimum absolute atomic E-state index is 0.0456. The van der Waals surface area contributed by atoms with Gasteiger partial charge in [-0.05, 0) is 55.7 Å². The molecule has 1 atom stereocenters. The molecule has 0 radical (unpaired) electrons. The molecule has 2 fully saturated rings. The first-order valence-corrected chi connectivity index (χ1v) is 18.0. The number of alkyl halides is 3. The fourth-order valence-corrected chi connectivity index (χ4v) is 7.79. The smallest absolute Gasteiger partial charge is 0.368 e. The van der Waals surface area contributed by atoms with Crippen LogP contribution in [-0.4, -0.2) is 73.0 Å². The lowest BCUT2D eigenvalue weighted by molar-refractivity contribution is -0.142. The second-order valence-electron chi connectivity index (χ2n) is 14.0. The van der Waals surface area contributed by atoms with Crippen molar-refractivity contribution < 1.29 is 22.8 Å². The highest BCUT2D eigenvalue weighted by Crippen LogP contribution is 2.35. The Morgan fingerprint density at radius 3 is 2.34 bits per heavy atom. The van der Waals surface area contributed by atoms with Crippen molar-refractivity contribution in [3.8, 4) is 5.69 Å². The standard InChI is InChI=1S/C40H39F3N8O2/c1-2-8-32-25-48(31-10-7-9-28(20-31)40(41,42)43)15-16-49(32)39(53)26-17-29(18-26)45-38(52)27-19-33(22-44-21-27)51-24-30(46-47-51)23-50-36-13-5-3-11-34(36)35-12-4-6-14-37(35)50/h3-7,9-14,19-22,24,26,29,32H,2,8,15-18,23,25H2,1H3,(H,45,52). The van der Waals surface area contributed by atoms with Crippen molar-refractivity contribution >= 4 is 39.3 Å². The van der Waals surface area contributed by atoms with Gasteiger partial charge in [-0.25, -0.2) is 4.68 Å². The molecule has 8 rings (SSSR count). The average molecular weight is 721 g/mol. The van der Waals surface area contributed by atoms with Crippen LogP contribution in [0.25, 0.3) is 27.5 Å². The SMILES string of the molecule is CCCC1CN(c2cccc(C(F)(F)F)c2)CCN1C(=O)C1CC(NC(=O)c2cncc(-n3cc(Cn4c5ccccc5c5ccccc54)nn3)c2)C1. The highest BCUT2D eigenvalue weighted by atomic mass is 19.4. The largest absolute Gasteiger partial charge is 0.416 e. The van der Waals surface area contributed by atoms with Crippen LogP contribution in [0.4, 0.5) is 18.9 Å². The van der Waals surface area contributed by atoms with Gasteiger partial charge < -0.3 is 19.7 Å². The number of anilines is 1. The first-order chi connectivity index (χ1) is 25.7. The lowest BCUT2D eigenvalue weighted by Crippen LogP contribution is -2.59. The number of hydrogen-bond donors (Lipinski definition) is 1. The van der Waals surface area contributed by atoms with Crippen molar-refractivity contribution in [1.82, 2.24) is 34.8 Å². The second-order valence-corrected chi connectivity index (χ2v) is 14.0. The van der Waals surface area contributed by atoms with Crippen molar-refractivity contribution in [3.05, 3.63) is 114 Å². The second kappa shape index (κ2) is 14.0. The van der Waals surface area contributed by atoms with Gasteiger partial charge in [-0.3, -0.25) is 14.6 Å². The Kier molecular flexibility index (Phi) is 9.09. The summed E-state index contributed by atoms with van der Waals surface area (Å²) < 4.78 is 43.9. The van der Waals surface area contributed by atoms with E-state index in [4.69, 9.17) is 0 Å². The monoisotopic (exact) mass is 720 g/mol. The van der Waals surface area contributed by atoms with Crippen LogP contribution in [0.1, 0.15) is 54.2 Å². The van der Waals surface area contributed by atoms with E-state index < -0.39 is 11.7 Å². The number of benzene rings is 3. The molecular formula is C40H39F3N8O2. The Hall–Kier alpha value is -5.72. The van der Waals surface area contributed by atoms with Crippen LogP contribution in [-0.2, 0) is 17.5 Å². The van der Waals surface area contributed by atoms with E-state index in [0.717, 1.165) is 35.6 Å². The van der Waals surface area contributed by atoms with Gasteiger partial charge in [-0.15, -0.1) is 5.10 Å². The van der Waals surface area contributed by atoms with Crippen LogP contribution >= 0.6 is 0 Å². The van der Waals surface area contributed by atoms with Crippen molar-refractivity contribution in [1.29, 1.82) is 0 Å². The number of nitrogens with one attached hydrogen (secondary N) is 1. The Morgan fingerprint density at radius 1 is 0.887 bits per heavy atom. The molecule has 4 heterocycles. The number of carbonyl (C=O) groups excluding carboxylic acids is 2. The van der Waals surface area contributed by atoms with E-state index in [1.165, 1.54) is 29.1 Å². The molecular weight excluding hydrogens is 681 g/mol. The van der Waals surface area contributed by atoms with E-state index in [0.29, 0.717) is 56.0 Å². The van der Waals surface area contributed by atoms with Gasteiger partial charge in [0, 0.05) is 71.3 Å². The van der Waals surface area contributed by atoms with Crippen LogP contribution in [0, 0.1) is 5.92 Å². The zero-order valence-corrected chi connectivity index (χ0v) is 29.2. The summed E-state index contributed by atoms with van der Waals surface area (Å²) in [5.41, 5.74) is 3.81. The number of para-hydroxylation sites is 2. The highest BCUT2D eigenvalue weighted by Gasteiger charge is 2.41. The molecule has 2 amide bonds. The summed E-state index contributed by atoms with van der Waals surface area (Å²) in [5.74, 6) is -0.448. The zero-order valence-electron chi connectivity index (χ0n) is 29.2. The van der Waals surface area contributed by atoms with Gasteiger partial charge >= 0.3 is 6.18 Å². The third-order valence-electron chi connectivity index (χ3n) is 10.5. The van der Waals surface area contributed by atoms with Gasteiger partial charge in [-0.1, -0.05) is 61.0 Å². The molecule has 13 heteroatoms. The molecule has 10 nitrogen and oxygen atoms in total. The Morgan fingerprint density at radius 2 is 1.62 bits per heavy atom. The minimum atomic E-state index is -4.41.